The minimum atomic E-state index is -0.903. The van der Waals surface area contributed by atoms with E-state index in [4.69, 9.17) is 5.73 Å². The van der Waals surface area contributed by atoms with Crippen LogP contribution in [-0.2, 0) is 4.79 Å². The number of benzene rings is 1. The molecule has 1 aliphatic heterocycles. The van der Waals surface area contributed by atoms with Crippen molar-refractivity contribution in [3.63, 3.8) is 0 Å². The quantitative estimate of drug-likeness (QED) is 0.878. The topological polar surface area (TPSA) is 83.6 Å². The van der Waals surface area contributed by atoms with E-state index in [1.807, 2.05) is 19.1 Å². The Hall–Kier alpha value is -2.04. The van der Waals surface area contributed by atoms with Gasteiger partial charge in [-0.3, -0.25) is 4.79 Å². The smallest absolute Gasteiger partial charge is 0.337 e. The van der Waals surface area contributed by atoms with Gasteiger partial charge in [0.25, 0.3) is 0 Å². The highest BCUT2D eigenvalue weighted by molar-refractivity contribution is 5.94. The van der Waals surface area contributed by atoms with Gasteiger partial charge in [0.2, 0.25) is 5.91 Å². The molecule has 1 aliphatic rings. The zero-order chi connectivity index (χ0) is 14.7. The van der Waals surface area contributed by atoms with E-state index >= 15 is 0 Å². The van der Waals surface area contributed by atoms with Crippen molar-refractivity contribution in [3.8, 4) is 0 Å². The molecule has 1 fully saturated rings. The third-order valence-corrected chi connectivity index (χ3v) is 3.83. The second kappa shape index (κ2) is 5.94. The predicted molar refractivity (Wildman–Crippen MR) is 76.9 cm³/mol. The molecule has 1 heterocycles. The third kappa shape index (κ3) is 3.29. The van der Waals surface area contributed by atoms with Crippen molar-refractivity contribution >= 4 is 17.6 Å². The first kappa shape index (κ1) is 14.4. The Labute approximate surface area is 118 Å². The zero-order valence-corrected chi connectivity index (χ0v) is 11.6. The molecule has 0 radical (unpaired) electrons. The predicted octanol–water partition coefficient (Wildman–Crippen LogP) is 1.79. The van der Waals surface area contributed by atoms with Gasteiger partial charge in [-0.25, -0.2) is 4.79 Å². The number of aryl methyl sites for hydroxylation is 1. The second-order valence-electron chi connectivity index (χ2n) is 5.43. The Bertz CT molecular complexity index is 520. The summed E-state index contributed by atoms with van der Waals surface area (Å²) in [5.41, 5.74) is 7.38. The standard InChI is InChI=1S/C15H20N2O3/c1-10-2-3-12(15(19)20)13(8-10)17-6-4-11(5-7-17)9-14(16)18/h2-3,8,11H,4-7,9H2,1H3,(H2,16,18)(H,19,20). The summed E-state index contributed by atoms with van der Waals surface area (Å²) in [7, 11) is 0. The number of aromatic carboxylic acids is 1. The van der Waals surface area contributed by atoms with Crippen LogP contribution >= 0.6 is 0 Å². The van der Waals surface area contributed by atoms with Crippen LogP contribution in [0.5, 0.6) is 0 Å². The molecule has 1 saturated heterocycles. The van der Waals surface area contributed by atoms with E-state index in [0.717, 1.165) is 37.2 Å². The molecule has 1 aromatic carbocycles. The van der Waals surface area contributed by atoms with Crippen molar-refractivity contribution < 1.29 is 14.7 Å². The van der Waals surface area contributed by atoms with Crippen LogP contribution in [0.3, 0.4) is 0 Å². The fraction of sp³-hybridized carbons (Fsp3) is 0.467. The van der Waals surface area contributed by atoms with E-state index < -0.39 is 5.97 Å². The summed E-state index contributed by atoms with van der Waals surface area (Å²) < 4.78 is 0. The molecule has 3 N–H and O–H groups in total. The van der Waals surface area contributed by atoms with Gasteiger partial charge in [0.05, 0.1) is 11.3 Å². The summed E-state index contributed by atoms with van der Waals surface area (Å²) in [6.45, 7) is 3.48. The number of piperidine rings is 1. The lowest BCUT2D eigenvalue weighted by molar-refractivity contribution is -0.119. The second-order valence-corrected chi connectivity index (χ2v) is 5.43. The maximum Gasteiger partial charge on any atom is 0.337 e. The molecular weight excluding hydrogens is 256 g/mol. The Morgan fingerprint density at radius 1 is 1.35 bits per heavy atom. The van der Waals surface area contributed by atoms with Gasteiger partial charge in [0.1, 0.15) is 0 Å². The Balaban J connectivity index is 2.12. The van der Waals surface area contributed by atoms with Crippen molar-refractivity contribution in [2.24, 2.45) is 11.7 Å². The number of carbonyl (C=O) groups excluding carboxylic acids is 1. The summed E-state index contributed by atoms with van der Waals surface area (Å²) in [6.07, 6.45) is 2.17. The van der Waals surface area contributed by atoms with Gasteiger partial charge in [0, 0.05) is 19.5 Å². The first-order valence-corrected chi connectivity index (χ1v) is 6.84. The molecule has 0 aromatic heterocycles. The normalized spacial score (nSPS) is 16.1. The molecule has 0 spiro atoms. The van der Waals surface area contributed by atoms with E-state index in [0.29, 0.717) is 17.9 Å². The van der Waals surface area contributed by atoms with Crippen LogP contribution in [-0.4, -0.2) is 30.1 Å². The summed E-state index contributed by atoms with van der Waals surface area (Å²) >= 11 is 0. The number of rotatable bonds is 4. The molecule has 5 heteroatoms. The van der Waals surface area contributed by atoms with Gasteiger partial charge < -0.3 is 15.7 Å². The highest BCUT2D eigenvalue weighted by atomic mass is 16.4. The summed E-state index contributed by atoms with van der Waals surface area (Å²) in [5, 5.41) is 9.27. The number of anilines is 1. The Morgan fingerprint density at radius 2 is 2.00 bits per heavy atom. The van der Waals surface area contributed by atoms with Crippen molar-refractivity contribution in [2.45, 2.75) is 26.2 Å². The van der Waals surface area contributed by atoms with Gasteiger partial charge in [-0.2, -0.15) is 0 Å². The Morgan fingerprint density at radius 3 is 2.55 bits per heavy atom. The molecule has 1 aromatic rings. The van der Waals surface area contributed by atoms with Crippen molar-refractivity contribution in [1.29, 1.82) is 0 Å². The fourth-order valence-electron chi connectivity index (χ4n) is 2.75. The van der Waals surface area contributed by atoms with Crippen molar-refractivity contribution in [3.05, 3.63) is 29.3 Å². The lowest BCUT2D eigenvalue weighted by Gasteiger charge is -2.34. The fourth-order valence-corrected chi connectivity index (χ4v) is 2.75. The first-order valence-electron chi connectivity index (χ1n) is 6.84. The van der Waals surface area contributed by atoms with Gasteiger partial charge in [-0.1, -0.05) is 6.07 Å². The van der Waals surface area contributed by atoms with E-state index in [-0.39, 0.29) is 5.91 Å². The monoisotopic (exact) mass is 276 g/mol. The van der Waals surface area contributed by atoms with Crippen LogP contribution in [0.1, 0.15) is 35.2 Å². The van der Waals surface area contributed by atoms with Crippen LogP contribution in [0.25, 0.3) is 0 Å². The van der Waals surface area contributed by atoms with E-state index in [9.17, 15) is 14.7 Å². The molecular formula is C15H20N2O3. The lowest BCUT2D eigenvalue weighted by atomic mass is 9.92. The number of hydrogen-bond acceptors (Lipinski definition) is 3. The molecule has 108 valence electrons. The van der Waals surface area contributed by atoms with Crippen molar-refractivity contribution in [2.75, 3.05) is 18.0 Å². The maximum atomic E-state index is 11.3. The largest absolute Gasteiger partial charge is 0.478 e. The van der Waals surface area contributed by atoms with Crippen LogP contribution in [0.15, 0.2) is 18.2 Å². The number of hydrogen-bond donors (Lipinski definition) is 2. The minimum Gasteiger partial charge on any atom is -0.478 e. The first-order chi connectivity index (χ1) is 9.47. The zero-order valence-electron chi connectivity index (χ0n) is 11.6. The highest BCUT2D eigenvalue weighted by Crippen LogP contribution is 2.28. The number of carboxylic acid groups (broad SMARTS) is 1. The maximum absolute atomic E-state index is 11.3. The van der Waals surface area contributed by atoms with Crippen molar-refractivity contribution in [1.82, 2.24) is 0 Å². The molecule has 0 bridgehead atoms. The van der Waals surface area contributed by atoms with E-state index in [1.165, 1.54) is 0 Å². The molecule has 0 unspecified atom stereocenters. The van der Waals surface area contributed by atoms with E-state index in [1.54, 1.807) is 6.07 Å². The van der Waals surface area contributed by atoms with Crippen LogP contribution < -0.4 is 10.6 Å². The number of amides is 1. The number of primary amides is 1. The molecule has 0 atom stereocenters. The van der Waals surface area contributed by atoms with Gasteiger partial charge in [-0.15, -0.1) is 0 Å². The Kier molecular flexibility index (Phi) is 4.27. The average molecular weight is 276 g/mol. The van der Waals surface area contributed by atoms with Crippen LogP contribution in [0.2, 0.25) is 0 Å². The highest BCUT2D eigenvalue weighted by Gasteiger charge is 2.23. The average Bonchev–Trinajstić information content (AvgIpc) is 2.38. The number of nitrogens with two attached hydrogens (primary N) is 1. The van der Waals surface area contributed by atoms with Gasteiger partial charge in [0.15, 0.2) is 0 Å². The number of nitrogens with zero attached hydrogens (tertiary/aromatic N) is 1. The SMILES string of the molecule is Cc1ccc(C(=O)O)c(N2CCC(CC(N)=O)CC2)c1. The molecule has 1 amide bonds. The minimum absolute atomic E-state index is 0.259. The molecule has 0 aliphatic carbocycles. The molecule has 5 nitrogen and oxygen atoms in total. The summed E-state index contributed by atoms with van der Waals surface area (Å²) in [5.74, 6) is -0.841. The van der Waals surface area contributed by atoms with E-state index in [2.05, 4.69) is 4.90 Å². The number of carboxylic acids is 1. The van der Waals surface area contributed by atoms with Gasteiger partial charge >= 0.3 is 5.97 Å². The summed E-state index contributed by atoms with van der Waals surface area (Å²) in [4.78, 5) is 24.3. The molecule has 20 heavy (non-hydrogen) atoms. The lowest BCUT2D eigenvalue weighted by Crippen LogP contribution is -2.36. The third-order valence-electron chi connectivity index (χ3n) is 3.83. The number of carbonyl (C=O) groups is 2. The molecule has 0 saturated carbocycles. The summed E-state index contributed by atoms with van der Waals surface area (Å²) in [6, 6.07) is 5.38. The van der Waals surface area contributed by atoms with Gasteiger partial charge in [-0.05, 0) is 43.4 Å². The van der Waals surface area contributed by atoms with Crippen LogP contribution in [0.4, 0.5) is 5.69 Å². The van der Waals surface area contributed by atoms with Crippen LogP contribution in [0, 0.1) is 12.8 Å². The molecule has 2 rings (SSSR count).